The highest BCUT2D eigenvalue weighted by Crippen LogP contribution is 2.29. The molecule has 0 aliphatic carbocycles. The summed E-state index contributed by atoms with van der Waals surface area (Å²) >= 11 is 6.17. The van der Waals surface area contributed by atoms with Crippen molar-refractivity contribution in [2.75, 3.05) is 37.6 Å². The smallest absolute Gasteiger partial charge is 0.235 e. The summed E-state index contributed by atoms with van der Waals surface area (Å²) in [6, 6.07) is 17.3. The van der Waals surface area contributed by atoms with Crippen LogP contribution < -0.4 is 14.5 Å². The number of nitrogens with one attached hydrogen (secondary N) is 1. The molecule has 2 aromatic carbocycles. The van der Waals surface area contributed by atoms with E-state index in [0.717, 1.165) is 49.6 Å². The molecule has 1 fully saturated rings. The van der Waals surface area contributed by atoms with Crippen molar-refractivity contribution in [2.24, 2.45) is 0 Å². The molecule has 0 atom stereocenters. The van der Waals surface area contributed by atoms with Gasteiger partial charge in [-0.3, -0.25) is 0 Å². The van der Waals surface area contributed by atoms with E-state index in [1.54, 1.807) is 4.90 Å². The van der Waals surface area contributed by atoms with Crippen LogP contribution in [0.5, 0.6) is 5.75 Å². The Balaban J connectivity index is 1.46. The van der Waals surface area contributed by atoms with Crippen LogP contribution in [-0.4, -0.2) is 37.7 Å². The van der Waals surface area contributed by atoms with Crippen LogP contribution in [0.15, 0.2) is 52.9 Å². The number of hydrogen-bond donors (Lipinski definition) is 1. The van der Waals surface area contributed by atoms with Crippen LogP contribution in [-0.2, 0) is 6.61 Å². The molecule has 0 amide bonds. The standard InChI is InChI=1S/C23H23ClN4O2/c1-2-27-11-13-28(14-12-27)23-21(15-25)26-22(30-23)17-7-9-19(10-8-17)29-16-18-5-3-4-6-20(18)24/h3-10H,2,11-14,16H2,1H3/p+1. The van der Waals surface area contributed by atoms with E-state index in [0.29, 0.717) is 29.1 Å². The normalized spacial score (nSPS) is 14.5. The lowest BCUT2D eigenvalue weighted by atomic mass is 10.2. The fraction of sp³-hybridized carbons (Fsp3) is 0.304. The van der Waals surface area contributed by atoms with E-state index >= 15 is 0 Å². The van der Waals surface area contributed by atoms with Crippen molar-refractivity contribution < 1.29 is 14.1 Å². The Morgan fingerprint density at radius 3 is 2.57 bits per heavy atom. The highest BCUT2D eigenvalue weighted by Gasteiger charge is 2.25. The monoisotopic (exact) mass is 423 g/mol. The second-order valence-electron chi connectivity index (χ2n) is 7.28. The summed E-state index contributed by atoms with van der Waals surface area (Å²) in [5, 5.41) is 10.2. The molecular formula is C23H24ClN4O2+. The second kappa shape index (κ2) is 9.21. The highest BCUT2D eigenvalue weighted by atomic mass is 35.5. The van der Waals surface area contributed by atoms with Crippen LogP contribution in [0.25, 0.3) is 11.5 Å². The van der Waals surface area contributed by atoms with Crippen LogP contribution in [0.1, 0.15) is 18.2 Å². The molecule has 0 radical (unpaired) electrons. The van der Waals surface area contributed by atoms with Gasteiger partial charge >= 0.3 is 0 Å². The van der Waals surface area contributed by atoms with Crippen molar-refractivity contribution in [3.8, 4) is 23.3 Å². The first kappa shape index (κ1) is 20.3. The zero-order chi connectivity index (χ0) is 20.9. The number of likely N-dealkylation sites (N-methyl/N-ethyl adjacent to an activating group) is 1. The molecule has 1 saturated heterocycles. The molecule has 154 valence electrons. The lowest BCUT2D eigenvalue weighted by Gasteiger charge is -2.31. The first-order chi connectivity index (χ1) is 14.7. The number of benzene rings is 2. The number of hydrogen-bond acceptors (Lipinski definition) is 5. The third-order valence-electron chi connectivity index (χ3n) is 5.43. The molecule has 0 bridgehead atoms. The van der Waals surface area contributed by atoms with Gasteiger partial charge in [-0.25, -0.2) is 0 Å². The maximum absolute atomic E-state index is 9.52. The molecule has 0 spiro atoms. The summed E-state index contributed by atoms with van der Waals surface area (Å²) in [6.45, 7) is 7.50. The summed E-state index contributed by atoms with van der Waals surface area (Å²) < 4.78 is 11.8. The van der Waals surface area contributed by atoms with Crippen LogP contribution in [0.3, 0.4) is 0 Å². The number of ether oxygens (including phenoxy) is 1. The molecule has 2 heterocycles. The topological polar surface area (TPSA) is 66.7 Å². The molecule has 0 saturated carbocycles. The third-order valence-corrected chi connectivity index (χ3v) is 5.80. The number of piperazine rings is 1. The minimum atomic E-state index is 0.337. The van der Waals surface area contributed by atoms with E-state index in [2.05, 4.69) is 22.9 Å². The molecule has 1 aromatic heterocycles. The first-order valence-electron chi connectivity index (χ1n) is 10.1. The molecule has 4 rings (SSSR count). The van der Waals surface area contributed by atoms with Crippen molar-refractivity contribution in [1.82, 2.24) is 4.98 Å². The molecule has 1 aliphatic rings. The highest BCUT2D eigenvalue weighted by molar-refractivity contribution is 6.31. The Labute approximate surface area is 181 Å². The number of aromatic nitrogens is 1. The van der Waals surface area contributed by atoms with Gasteiger partial charge < -0.3 is 19.0 Å². The minimum absolute atomic E-state index is 0.337. The van der Waals surface area contributed by atoms with Gasteiger partial charge in [-0.1, -0.05) is 29.8 Å². The van der Waals surface area contributed by atoms with Gasteiger partial charge in [-0.15, -0.1) is 0 Å². The zero-order valence-electron chi connectivity index (χ0n) is 16.9. The van der Waals surface area contributed by atoms with Crippen molar-refractivity contribution in [1.29, 1.82) is 5.26 Å². The number of nitriles is 1. The number of oxazole rings is 1. The Bertz CT molecular complexity index is 1030. The number of rotatable bonds is 6. The van der Waals surface area contributed by atoms with Crippen LogP contribution in [0, 0.1) is 11.3 Å². The molecule has 30 heavy (non-hydrogen) atoms. The molecule has 1 N–H and O–H groups in total. The van der Waals surface area contributed by atoms with Crippen LogP contribution >= 0.6 is 11.6 Å². The van der Waals surface area contributed by atoms with Gasteiger partial charge in [0, 0.05) is 16.1 Å². The lowest BCUT2D eigenvalue weighted by molar-refractivity contribution is -0.898. The fourth-order valence-electron chi connectivity index (χ4n) is 3.57. The van der Waals surface area contributed by atoms with Gasteiger partial charge in [-0.05, 0) is 37.3 Å². The molecule has 0 unspecified atom stereocenters. The zero-order valence-corrected chi connectivity index (χ0v) is 17.7. The summed E-state index contributed by atoms with van der Waals surface area (Å²) in [6.07, 6.45) is 0. The Morgan fingerprint density at radius 2 is 1.90 bits per heavy atom. The molecular weight excluding hydrogens is 400 g/mol. The summed E-state index contributed by atoms with van der Waals surface area (Å²) in [7, 11) is 0. The first-order valence-corrected chi connectivity index (χ1v) is 10.5. The van der Waals surface area contributed by atoms with Gasteiger partial charge in [0.05, 0.1) is 32.7 Å². The van der Waals surface area contributed by atoms with E-state index in [4.69, 9.17) is 20.8 Å². The van der Waals surface area contributed by atoms with Crippen LogP contribution in [0.2, 0.25) is 5.02 Å². The maximum Gasteiger partial charge on any atom is 0.235 e. The number of nitrogens with zero attached hydrogens (tertiary/aromatic N) is 3. The van der Waals surface area contributed by atoms with E-state index in [1.165, 1.54) is 0 Å². The van der Waals surface area contributed by atoms with Gasteiger partial charge in [0.25, 0.3) is 0 Å². The van der Waals surface area contributed by atoms with Crippen molar-refractivity contribution >= 4 is 17.5 Å². The predicted octanol–water partition coefficient (Wildman–Crippen LogP) is 3.17. The number of quaternary nitrogens is 1. The average molecular weight is 424 g/mol. The molecule has 1 aliphatic heterocycles. The van der Waals surface area contributed by atoms with E-state index in [1.807, 2.05) is 48.5 Å². The second-order valence-corrected chi connectivity index (χ2v) is 7.69. The van der Waals surface area contributed by atoms with E-state index in [9.17, 15) is 5.26 Å². The summed E-state index contributed by atoms with van der Waals surface area (Å²) in [5.41, 5.74) is 2.08. The van der Waals surface area contributed by atoms with Crippen LogP contribution in [0.4, 0.5) is 5.88 Å². The maximum atomic E-state index is 9.52. The third kappa shape index (κ3) is 4.43. The predicted molar refractivity (Wildman–Crippen MR) is 116 cm³/mol. The Kier molecular flexibility index (Phi) is 6.22. The summed E-state index contributed by atoms with van der Waals surface area (Å²) in [4.78, 5) is 8.10. The van der Waals surface area contributed by atoms with Crippen molar-refractivity contribution in [2.45, 2.75) is 13.5 Å². The fourth-order valence-corrected chi connectivity index (χ4v) is 3.76. The molecule has 7 heteroatoms. The largest absolute Gasteiger partial charge is 0.489 e. The van der Waals surface area contributed by atoms with Gasteiger partial charge in [-0.2, -0.15) is 10.2 Å². The lowest BCUT2D eigenvalue weighted by Crippen LogP contribution is -3.14. The van der Waals surface area contributed by atoms with Gasteiger partial charge in [0.1, 0.15) is 18.4 Å². The van der Waals surface area contributed by atoms with Gasteiger partial charge in [0.15, 0.2) is 0 Å². The van der Waals surface area contributed by atoms with E-state index in [-0.39, 0.29) is 0 Å². The number of halogens is 1. The average Bonchev–Trinajstić information content (AvgIpc) is 3.23. The SMILES string of the molecule is CC[NH+]1CCN(c2oc(-c3ccc(OCc4ccccc4Cl)cc3)nc2C#N)CC1. The summed E-state index contributed by atoms with van der Waals surface area (Å²) in [5.74, 6) is 1.75. The minimum Gasteiger partial charge on any atom is -0.489 e. The van der Waals surface area contributed by atoms with E-state index < -0.39 is 0 Å². The molecule has 3 aromatic rings. The number of anilines is 1. The van der Waals surface area contributed by atoms with Crippen molar-refractivity contribution in [3.63, 3.8) is 0 Å². The Morgan fingerprint density at radius 1 is 1.17 bits per heavy atom. The van der Waals surface area contributed by atoms with Crippen molar-refractivity contribution in [3.05, 3.63) is 64.8 Å². The van der Waals surface area contributed by atoms with Gasteiger partial charge in [0.2, 0.25) is 17.5 Å². The Hall–Kier alpha value is -3.01. The molecule has 6 nitrogen and oxygen atoms in total. The quantitative estimate of drug-likeness (QED) is 0.659.